The molecule has 1 aromatic carbocycles. The predicted molar refractivity (Wildman–Crippen MR) is 171 cm³/mol. The summed E-state index contributed by atoms with van der Waals surface area (Å²) in [5.41, 5.74) is 2.58. The van der Waals surface area contributed by atoms with Crippen molar-refractivity contribution in [3.8, 4) is 5.75 Å². The van der Waals surface area contributed by atoms with Crippen molar-refractivity contribution in [3.63, 3.8) is 0 Å². The number of benzene rings is 1. The van der Waals surface area contributed by atoms with Gasteiger partial charge in [-0.2, -0.15) is 0 Å². The molecule has 3 fully saturated rings. The van der Waals surface area contributed by atoms with Gasteiger partial charge < -0.3 is 35.2 Å². The fourth-order valence-electron chi connectivity index (χ4n) is 9.56. The van der Waals surface area contributed by atoms with Gasteiger partial charge in [0, 0.05) is 18.3 Å². The summed E-state index contributed by atoms with van der Waals surface area (Å²) in [5, 5.41) is 44.4. The van der Waals surface area contributed by atoms with E-state index in [1.165, 1.54) is 0 Å². The minimum atomic E-state index is -1.60. The van der Waals surface area contributed by atoms with E-state index in [-0.39, 0.29) is 65.0 Å². The van der Waals surface area contributed by atoms with Crippen LogP contribution in [0.2, 0.25) is 0 Å². The van der Waals surface area contributed by atoms with Crippen LogP contribution < -0.4 is 5.32 Å². The number of phenols is 1. The second-order valence-corrected chi connectivity index (χ2v) is 15.3. The number of ketones is 1. The number of Topliss-reactive ketones (excluding diaryl/α,β-unsaturated/α-hetero) is 1. The number of aliphatic hydroxyl groups excluding tert-OH is 3. The van der Waals surface area contributed by atoms with E-state index in [4.69, 9.17) is 9.47 Å². The Balaban J connectivity index is 1.33. The van der Waals surface area contributed by atoms with Crippen LogP contribution in [0.4, 0.5) is 0 Å². The molecular formula is C37H51NO8. The SMILES string of the molecule is CC1=C[C@@H]2CC[C@@H](O)[C@H](C)[C@@H]2[C@@H](C(=O)C2=C(O)C(O)NC2=O)[C@@H]1C[C@H]1O[C@@]2(CC[C@H](C)[C@@H](c3cc(C)cc(O)c3)O2)[C@@H](C)C[C@@H]1C. The van der Waals surface area contributed by atoms with E-state index in [2.05, 4.69) is 38.2 Å². The lowest BCUT2D eigenvalue weighted by Gasteiger charge is -2.54. The quantitative estimate of drug-likeness (QED) is 0.214. The summed E-state index contributed by atoms with van der Waals surface area (Å²) in [6, 6.07) is 5.59. The van der Waals surface area contributed by atoms with Crippen molar-refractivity contribution in [1.82, 2.24) is 5.32 Å². The second-order valence-electron chi connectivity index (χ2n) is 15.3. The highest BCUT2D eigenvalue weighted by Gasteiger charge is 2.55. The number of hydrogen-bond donors (Lipinski definition) is 5. The number of hydrogen-bond acceptors (Lipinski definition) is 8. The largest absolute Gasteiger partial charge is 0.508 e. The van der Waals surface area contributed by atoms with Crippen molar-refractivity contribution in [2.75, 3.05) is 0 Å². The topological polar surface area (TPSA) is 146 Å². The standard InChI is InChI=1S/C37H51NO8/c1-17-11-24(15-25(39)12-17)34-18(2)9-10-37(46-34)21(5)13-20(4)28(45-37)16-26-19(3)14-23-7-8-27(40)22(6)29(23)30(26)32(41)31-33(42)36(44)38-35(31)43/h11-12,14-15,18,20-23,26-30,34,36,39-40,42,44H,7-10,13,16H2,1-6H3,(H,38,43)/t18-,20-,21-,22-,23-,26+,27+,28+,29-,30-,34-,36?,37+/m0/s1. The fourth-order valence-corrected chi connectivity index (χ4v) is 9.56. The summed E-state index contributed by atoms with van der Waals surface area (Å²) < 4.78 is 14.1. The molecule has 9 nitrogen and oxygen atoms in total. The Kier molecular flexibility index (Phi) is 8.93. The number of amides is 1. The molecule has 2 aliphatic carbocycles. The first-order chi connectivity index (χ1) is 21.7. The zero-order valence-electron chi connectivity index (χ0n) is 27.9. The van der Waals surface area contributed by atoms with Gasteiger partial charge in [0.1, 0.15) is 11.3 Å². The van der Waals surface area contributed by atoms with Crippen molar-refractivity contribution >= 4 is 11.7 Å². The number of carbonyl (C=O) groups is 2. The van der Waals surface area contributed by atoms with Crippen LogP contribution >= 0.6 is 0 Å². The lowest BCUT2D eigenvalue weighted by atomic mass is 9.55. The molecule has 6 rings (SSSR count). The van der Waals surface area contributed by atoms with Gasteiger partial charge in [0.25, 0.3) is 5.91 Å². The first kappa shape index (κ1) is 33.2. The Labute approximate surface area is 272 Å². The van der Waals surface area contributed by atoms with Gasteiger partial charge in [-0.05, 0) is 105 Å². The van der Waals surface area contributed by atoms with Crippen LogP contribution in [-0.4, -0.2) is 56.3 Å². The normalized spacial score (nSPS) is 42.9. The number of rotatable bonds is 5. The summed E-state index contributed by atoms with van der Waals surface area (Å²) in [5.74, 6) is -3.29. The highest BCUT2D eigenvalue weighted by Crippen LogP contribution is 2.54. The Morgan fingerprint density at radius 2 is 1.74 bits per heavy atom. The van der Waals surface area contributed by atoms with E-state index >= 15 is 0 Å². The van der Waals surface area contributed by atoms with E-state index < -0.39 is 41.5 Å². The molecule has 0 bridgehead atoms. The lowest BCUT2D eigenvalue weighted by molar-refractivity contribution is -0.356. The molecule has 0 aromatic heterocycles. The monoisotopic (exact) mass is 637 g/mol. The highest BCUT2D eigenvalue weighted by molar-refractivity contribution is 6.22. The summed E-state index contributed by atoms with van der Waals surface area (Å²) in [6.07, 6.45) is 4.01. The Morgan fingerprint density at radius 1 is 1.00 bits per heavy atom. The maximum atomic E-state index is 14.4. The molecule has 1 saturated carbocycles. The van der Waals surface area contributed by atoms with Crippen molar-refractivity contribution in [2.24, 2.45) is 47.3 Å². The minimum Gasteiger partial charge on any atom is -0.508 e. The minimum absolute atomic E-state index is 0.0615. The Bertz CT molecular complexity index is 1420. The molecule has 5 aliphatic rings. The summed E-state index contributed by atoms with van der Waals surface area (Å²) >= 11 is 0. The van der Waals surface area contributed by atoms with Crippen LogP contribution in [0.15, 0.2) is 41.2 Å². The number of ether oxygens (including phenoxy) is 2. The van der Waals surface area contributed by atoms with E-state index in [0.717, 1.165) is 42.4 Å². The number of aryl methyl sites for hydroxylation is 1. The molecule has 2 saturated heterocycles. The molecule has 1 unspecified atom stereocenters. The number of allylic oxidation sites excluding steroid dienone is 2. The fraction of sp³-hybridized carbons (Fsp3) is 0.676. The smallest absolute Gasteiger partial charge is 0.260 e. The predicted octanol–water partition coefficient (Wildman–Crippen LogP) is 5.38. The average molecular weight is 638 g/mol. The van der Waals surface area contributed by atoms with Gasteiger partial charge in [0.2, 0.25) is 0 Å². The van der Waals surface area contributed by atoms with Gasteiger partial charge in [-0.3, -0.25) is 9.59 Å². The zero-order chi connectivity index (χ0) is 33.2. The number of nitrogens with one attached hydrogen (secondary N) is 1. The van der Waals surface area contributed by atoms with Crippen molar-refractivity contribution < 1.29 is 39.5 Å². The van der Waals surface area contributed by atoms with Gasteiger partial charge >= 0.3 is 0 Å². The maximum Gasteiger partial charge on any atom is 0.260 e. The molecule has 1 aromatic rings. The third kappa shape index (κ3) is 5.71. The third-order valence-electron chi connectivity index (χ3n) is 12.1. The molecule has 1 spiro atoms. The van der Waals surface area contributed by atoms with Gasteiger partial charge in [-0.1, -0.05) is 45.4 Å². The summed E-state index contributed by atoms with van der Waals surface area (Å²) in [6.45, 7) is 12.5. The Hall–Kier alpha value is -2.72. The van der Waals surface area contributed by atoms with Crippen LogP contribution in [0.25, 0.3) is 0 Å². The van der Waals surface area contributed by atoms with Gasteiger partial charge in [0.15, 0.2) is 23.6 Å². The molecule has 0 radical (unpaired) electrons. The van der Waals surface area contributed by atoms with Crippen LogP contribution in [0, 0.1) is 54.3 Å². The van der Waals surface area contributed by atoms with Crippen LogP contribution in [0.5, 0.6) is 5.75 Å². The number of carbonyl (C=O) groups excluding carboxylic acids is 2. The molecule has 3 heterocycles. The van der Waals surface area contributed by atoms with Gasteiger partial charge in [0.05, 0.1) is 18.3 Å². The zero-order valence-corrected chi connectivity index (χ0v) is 27.9. The lowest BCUT2D eigenvalue weighted by Crippen LogP contribution is -2.56. The number of phenolic OH excluding ortho intramolecular Hbond substituents is 1. The number of aromatic hydroxyl groups is 1. The van der Waals surface area contributed by atoms with Crippen LogP contribution in [0.3, 0.4) is 0 Å². The summed E-state index contributed by atoms with van der Waals surface area (Å²) in [4.78, 5) is 27.2. The molecule has 13 atom stereocenters. The van der Waals surface area contributed by atoms with Crippen molar-refractivity contribution in [1.29, 1.82) is 0 Å². The van der Waals surface area contributed by atoms with E-state index in [9.17, 15) is 30.0 Å². The van der Waals surface area contributed by atoms with Crippen molar-refractivity contribution in [2.45, 2.75) is 110 Å². The third-order valence-corrected chi connectivity index (χ3v) is 12.1. The number of fused-ring (bicyclic) bond motifs is 1. The molecule has 3 aliphatic heterocycles. The van der Waals surface area contributed by atoms with Crippen molar-refractivity contribution in [3.05, 3.63) is 52.3 Å². The van der Waals surface area contributed by atoms with E-state index in [1.807, 2.05) is 20.8 Å². The molecular weight excluding hydrogens is 586 g/mol. The second kappa shape index (κ2) is 12.4. The van der Waals surface area contributed by atoms with Crippen LogP contribution in [-0.2, 0) is 19.1 Å². The van der Waals surface area contributed by atoms with E-state index in [1.54, 1.807) is 12.1 Å². The first-order valence-corrected chi connectivity index (χ1v) is 17.2. The molecule has 1 amide bonds. The van der Waals surface area contributed by atoms with E-state index in [0.29, 0.717) is 12.8 Å². The molecule has 5 N–H and O–H groups in total. The molecule has 9 heteroatoms. The Morgan fingerprint density at radius 3 is 2.41 bits per heavy atom. The molecule has 46 heavy (non-hydrogen) atoms. The van der Waals surface area contributed by atoms with Gasteiger partial charge in [-0.15, -0.1) is 0 Å². The molecule has 252 valence electrons. The maximum absolute atomic E-state index is 14.4. The average Bonchev–Trinajstić information content (AvgIpc) is 3.24. The van der Waals surface area contributed by atoms with Crippen LogP contribution in [0.1, 0.15) is 90.4 Å². The summed E-state index contributed by atoms with van der Waals surface area (Å²) in [7, 11) is 0. The number of aliphatic hydroxyl groups is 3. The van der Waals surface area contributed by atoms with Gasteiger partial charge in [-0.25, -0.2) is 0 Å². The highest BCUT2D eigenvalue weighted by atomic mass is 16.7. The first-order valence-electron chi connectivity index (χ1n) is 17.2.